The summed E-state index contributed by atoms with van der Waals surface area (Å²) >= 11 is 5.37. The van der Waals surface area contributed by atoms with Crippen molar-refractivity contribution in [2.75, 3.05) is 32.6 Å². The Bertz CT molecular complexity index is 638. The highest BCUT2D eigenvalue weighted by Crippen LogP contribution is 2.31. The average molecular weight is 333 g/mol. The van der Waals surface area contributed by atoms with Gasteiger partial charge in [-0.15, -0.1) is 0 Å². The molecule has 0 amide bonds. The lowest BCUT2D eigenvalue weighted by Crippen LogP contribution is -2.46. The number of rotatable bonds is 4. The molecule has 1 N–H and O–H groups in total. The molecule has 1 aromatic rings. The van der Waals surface area contributed by atoms with E-state index in [9.17, 15) is 4.79 Å². The minimum atomic E-state index is -0.312. The molecular formula is C17H23N3O2S. The fourth-order valence-corrected chi connectivity index (χ4v) is 2.78. The van der Waals surface area contributed by atoms with Crippen LogP contribution in [0.15, 0.2) is 35.5 Å². The number of ether oxygens (including phenoxy) is 1. The molecule has 0 saturated heterocycles. The number of allylic oxidation sites excluding steroid dienone is 1. The van der Waals surface area contributed by atoms with Crippen molar-refractivity contribution in [3.05, 3.63) is 41.1 Å². The van der Waals surface area contributed by atoms with Crippen molar-refractivity contribution in [2.24, 2.45) is 0 Å². The molecule has 0 aromatic heterocycles. The molecule has 124 valence electrons. The molecule has 0 aliphatic carbocycles. The number of nitrogens with one attached hydrogen (secondary N) is 1. The van der Waals surface area contributed by atoms with Crippen molar-refractivity contribution in [2.45, 2.75) is 19.9 Å². The Morgan fingerprint density at radius 2 is 1.96 bits per heavy atom. The van der Waals surface area contributed by atoms with Crippen molar-refractivity contribution in [3.8, 4) is 0 Å². The van der Waals surface area contributed by atoms with Crippen molar-refractivity contribution in [3.63, 3.8) is 0 Å². The number of nitrogens with zero attached hydrogens (tertiary/aromatic N) is 2. The fourth-order valence-electron chi connectivity index (χ4n) is 2.52. The van der Waals surface area contributed by atoms with Crippen LogP contribution in [0.25, 0.3) is 0 Å². The van der Waals surface area contributed by atoms with Gasteiger partial charge in [0.2, 0.25) is 0 Å². The van der Waals surface area contributed by atoms with Crippen LogP contribution in [0.4, 0.5) is 5.69 Å². The van der Waals surface area contributed by atoms with Crippen LogP contribution < -0.4 is 10.2 Å². The number of carbonyl (C=O) groups is 1. The highest BCUT2D eigenvalue weighted by atomic mass is 32.1. The molecule has 1 aliphatic heterocycles. The smallest absolute Gasteiger partial charge is 0.338 e. The molecule has 1 aromatic carbocycles. The normalized spacial score (nSPS) is 17.9. The van der Waals surface area contributed by atoms with E-state index in [1.54, 1.807) is 11.8 Å². The average Bonchev–Trinajstić information content (AvgIpc) is 2.52. The molecule has 1 atom stereocenters. The van der Waals surface area contributed by atoms with Gasteiger partial charge in [-0.2, -0.15) is 0 Å². The second kappa shape index (κ2) is 7.00. The van der Waals surface area contributed by atoms with E-state index >= 15 is 0 Å². The first kappa shape index (κ1) is 17.3. The van der Waals surface area contributed by atoms with Gasteiger partial charge in [-0.25, -0.2) is 4.79 Å². The van der Waals surface area contributed by atoms with Crippen LogP contribution in [0.2, 0.25) is 0 Å². The summed E-state index contributed by atoms with van der Waals surface area (Å²) in [7, 11) is 5.83. The topological polar surface area (TPSA) is 44.8 Å². The lowest BCUT2D eigenvalue weighted by atomic mass is 9.95. The number of hydrogen-bond donors (Lipinski definition) is 1. The summed E-state index contributed by atoms with van der Waals surface area (Å²) in [6.45, 7) is 4.04. The van der Waals surface area contributed by atoms with Crippen LogP contribution in [-0.2, 0) is 9.53 Å². The van der Waals surface area contributed by atoms with Gasteiger partial charge in [0.1, 0.15) is 0 Å². The van der Waals surface area contributed by atoms with Gasteiger partial charge >= 0.3 is 5.97 Å². The standard InChI is InChI=1S/C17H23N3O2S/c1-6-22-16(21)14-11(2)20(5)17(23)18-15(14)12-7-9-13(10-8-12)19(3)4/h7-10,15H,6H2,1-5H3,(H,18,23)/t15-/m1/s1. The molecule has 1 aliphatic rings. The van der Waals surface area contributed by atoms with E-state index in [4.69, 9.17) is 17.0 Å². The molecule has 6 heteroatoms. The monoisotopic (exact) mass is 333 g/mol. The van der Waals surface area contributed by atoms with Gasteiger partial charge in [0.15, 0.2) is 5.11 Å². The Hall–Kier alpha value is -2.08. The summed E-state index contributed by atoms with van der Waals surface area (Å²) in [4.78, 5) is 16.3. The van der Waals surface area contributed by atoms with Crippen molar-refractivity contribution in [1.29, 1.82) is 0 Å². The Kier molecular flexibility index (Phi) is 5.26. The van der Waals surface area contributed by atoms with Gasteiger partial charge in [-0.1, -0.05) is 12.1 Å². The third-order valence-electron chi connectivity index (χ3n) is 3.99. The number of esters is 1. The van der Waals surface area contributed by atoms with Crippen LogP contribution in [0.1, 0.15) is 25.5 Å². The summed E-state index contributed by atoms with van der Waals surface area (Å²) in [6.07, 6.45) is 0. The van der Waals surface area contributed by atoms with Crippen molar-refractivity contribution in [1.82, 2.24) is 10.2 Å². The number of carbonyl (C=O) groups excluding carboxylic acids is 1. The van der Waals surface area contributed by atoms with Crippen molar-refractivity contribution < 1.29 is 9.53 Å². The number of thiocarbonyl (C=S) groups is 1. The minimum Gasteiger partial charge on any atom is -0.463 e. The SMILES string of the molecule is CCOC(=O)C1=C(C)N(C)C(=S)N[C@@H]1c1ccc(N(C)C)cc1. The molecule has 0 bridgehead atoms. The third-order valence-corrected chi connectivity index (χ3v) is 4.38. The van der Waals surface area contributed by atoms with E-state index < -0.39 is 0 Å². The Morgan fingerprint density at radius 3 is 2.48 bits per heavy atom. The largest absolute Gasteiger partial charge is 0.463 e. The van der Waals surface area contributed by atoms with Gasteiger partial charge in [0, 0.05) is 32.5 Å². The Balaban J connectivity index is 2.44. The predicted molar refractivity (Wildman–Crippen MR) is 96.3 cm³/mol. The molecular weight excluding hydrogens is 310 g/mol. The van der Waals surface area contributed by atoms with E-state index in [0.29, 0.717) is 17.3 Å². The molecule has 5 nitrogen and oxygen atoms in total. The number of hydrogen-bond acceptors (Lipinski definition) is 4. The zero-order valence-electron chi connectivity index (χ0n) is 14.2. The van der Waals surface area contributed by atoms with Crippen LogP contribution in [0.3, 0.4) is 0 Å². The van der Waals surface area contributed by atoms with E-state index in [1.807, 2.05) is 57.2 Å². The fraction of sp³-hybridized carbons (Fsp3) is 0.412. The van der Waals surface area contributed by atoms with Crippen LogP contribution in [0.5, 0.6) is 0 Å². The first-order valence-corrected chi connectivity index (χ1v) is 7.97. The van der Waals surface area contributed by atoms with E-state index in [-0.39, 0.29) is 12.0 Å². The summed E-state index contributed by atoms with van der Waals surface area (Å²) < 4.78 is 5.23. The van der Waals surface area contributed by atoms with Crippen molar-refractivity contribution >= 4 is 29.0 Å². The lowest BCUT2D eigenvalue weighted by molar-refractivity contribution is -0.139. The summed E-state index contributed by atoms with van der Waals surface area (Å²) in [5.41, 5.74) is 3.49. The van der Waals surface area contributed by atoms with E-state index in [1.165, 1.54) is 0 Å². The number of anilines is 1. The molecule has 0 radical (unpaired) electrons. The maximum Gasteiger partial charge on any atom is 0.338 e. The molecule has 23 heavy (non-hydrogen) atoms. The first-order chi connectivity index (χ1) is 10.9. The zero-order valence-corrected chi connectivity index (χ0v) is 15.0. The molecule has 0 saturated carbocycles. The molecule has 0 fully saturated rings. The summed E-state index contributed by atoms with van der Waals surface area (Å²) in [5, 5.41) is 3.83. The second-order valence-electron chi connectivity index (χ2n) is 5.65. The Morgan fingerprint density at radius 1 is 1.35 bits per heavy atom. The highest BCUT2D eigenvalue weighted by Gasteiger charge is 2.33. The summed E-state index contributed by atoms with van der Waals surface area (Å²) in [6, 6.07) is 7.77. The molecule has 1 heterocycles. The zero-order chi connectivity index (χ0) is 17.1. The van der Waals surface area contributed by atoms with Crippen LogP contribution >= 0.6 is 12.2 Å². The van der Waals surface area contributed by atoms with Gasteiger partial charge in [-0.3, -0.25) is 0 Å². The minimum absolute atomic E-state index is 0.297. The lowest BCUT2D eigenvalue weighted by Gasteiger charge is -2.35. The highest BCUT2D eigenvalue weighted by molar-refractivity contribution is 7.80. The number of benzene rings is 1. The second-order valence-corrected chi connectivity index (χ2v) is 6.03. The predicted octanol–water partition coefficient (Wildman–Crippen LogP) is 2.45. The quantitative estimate of drug-likeness (QED) is 0.674. The molecule has 2 rings (SSSR count). The van der Waals surface area contributed by atoms with Gasteiger partial charge in [0.05, 0.1) is 18.2 Å². The molecule has 0 spiro atoms. The van der Waals surface area contributed by atoms with E-state index in [0.717, 1.165) is 16.9 Å². The third kappa shape index (κ3) is 3.47. The first-order valence-electron chi connectivity index (χ1n) is 7.56. The summed E-state index contributed by atoms with van der Waals surface area (Å²) in [5.74, 6) is -0.312. The van der Waals surface area contributed by atoms with Gasteiger partial charge in [-0.05, 0) is 43.8 Å². The van der Waals surface area contributed by atoms with Gasteiger partial charge in [0.25, 0.3) is 0 Å². The van der Waals surface area contributed by atoms with E-state index in [2.05, 4.69) is 5.32 Å². The van der Waals surface area contributed by atoms with Gasteiger partial charge < -0.3 is 19.9 Å². The maximum absolute atomic E-state index is 12.4. The Labute approximate surface area is 142 Å². The van der Waals surface area contributed by atoms with Crippen LogP contribution in [0, 0.1) is 0 Å². The van der Waals surface area contributed by atoms with Crippen LogP contribution in [-0.4, -0.2) is 43.7 Å². The maximum atomic E-state index is 12.4. The molecule has 0 unspecified atom stereocenters.